The number of aliphatic carboxylic acids is 3. The lowest BCUT2D eigenvalue weighted by molar-refractivity contribution is -0.138. The first kappa shape index (κ1) is 105. The van der Waals surface area contributed by atoms with Crippen molar-refractivity contribution in [1.82, 2.24) is 14.7 Å². The number of hydrogen-bond acceptors (Lipinski definition) is 18. The normalized spacial score (nSPS) is 10.7. The Balaban J connectivity index is 0.000000182. The number of ether oxygens (including phenoxy) is 3. The summed E-state index contributed by atoms with van der Waals surface area (Å²) in [5.74, 6) is -6.32. The highest BCUT2D eigenvalue weighted by Crippen LogP contribution is 2.30. The predicted octanol–water partition coefficient (Wildman–Crippen LogP) is 20.8. The number of esters is 3. The molecule has 15 aromatic rings. The van der Waals surface area contributed by atoms with E-state index in [0.717, 1.165) is 66.8 Å². The quantitative estimate of drug-likeness (QED) is 0.0122. The maximum absolute atomic E-state index is 13.3. The standard InChI is InChI=1S/C39H34N2O8S.C39H34N2O6S.C39H34N2O6/c1-26-3-9-29(10-4-26)30-11-13-32(14-12-30)39(46)49-34-19-5-28(6-20-34)24-41(25-37(43)44)38(45)31-15-17-33(18-16-31)40-36(42)23-27-7-21-35(22-8-27)50(2,47)48;1-26-3-9-29(10-4-26)30-11-13-32(14-12-30)39(46)47-34-19-5-28(6-20-34)24-41(25-37(43)44)38(45)31-15-17-33(18-16-31)40-36(42)23-27-7-21-35(48-2)22-8-27;1-26-3-7-28(8-4-26)23-36(42)40-34-19-17-32(18-20-34)38(45)41(25-37(43)44)24-29-9-21-35(22-10-29)47-39(46)33-15-13-31(14-16-33)30-11-5-27(2)6-12-30/h3-22H,23-25H2,1-2H3,(H,40,42)(H,43,44);3-22H,23-25H2,1-2H3,(H,40,42)(H,43,44);3-22H,23-25H2,1-2H3,(H,40,42)(H,43,44). The first-order valence-electron chi connectivity index (χ1n) is 45.8. The molecule has 0 heterocycles. The summed E-state index contributed by atoms with van der Waals surface area (Å²) in [6, 6.07) is 106. The fourth-order valence-electron chi connectivity index (χ4n) is 15.0. The lowest BCUT2D eigenvalue weighted by atomic mass is 10.0. The third-order valence-corrected chi connectivity index (χ3v) is 24.7. The molecular formula is C117H102N6O20S2. The van der Waals surface area contributed by atoms with Gasteiger partial charge in [-0.1, -0.05) is 216 Å². The van der Waals surface area contributed by atoms with Gasteiger partial charge in [-0.3, -0.25) is 43.2 Å². The third-order valence-electron chi connectivity index (χ3n) is 22.9. The molecule has 145 heavy (non-hydrogen) atoms. The van der Waals surface area contributed by atoms with Crippen LogP contribution < -0.4 is 30.2 Å². The molecule has 6 N–H and O–H groups in total. The summed E-state index contributed by atoms with van der Waals surface area (Å²) >= 11 is 1.63. The second-order valence-electron chi connectivity index (χ2n) is 34.3. The van der Waals surface area contributed by atoms with Gasteiger partial charge in [-0.2, -0.15) is 0 Å². The second-order valence-corrected chi connectivity index (χ2v) is 37.1. The van der Waals surface area contributed by atoms with E-state index in [-0.39, 0.29) is 78.2 Å². The van der Waals surface area contributed by atoms with Gasteiger partial charge in [0.15, 0.2) is 9.84 Å². The number of thioether (sulfide) groups is 1. The van der Waals surface area contributed by atoms with Crippen LogP contribution in [0.15, 0.2) is 374 Å². The molecule has 0 radical (unpaired) electrons. The Morgan fingerprint density at radius 3 is 0.703 bits per heavy atom. The smallest absolute Gasteiger partial charge is 0.343 e. The summed E-state index contributed by atoms with van der Waals surface area (Å²) in [4.78, 5) is 155. The van der Waals surface area contributed by atoms with E-state index in [1.54, 1.807) is 182 Å². The van der Waals surface area contributed by atoms with Crippen LogP contribution in [0.5, 0.6) is 17.2 Å². The van der Waals surface area contributed by atoms with E-state index in [1.165, 1.54) is 62.2 Å². The molecule has 26 nitrogen and oxygen atoms in total. The van der Waals surface area contributed by atoms with Gasteiger partial charge >= 0.3 is 35.8 Å². The van der Waals surface area contributed by atoms with Crippen LogP contribution in [0.3, 0.4) is 0 Å². The molecule has 15 aromatic carbocycles. The number of hydrogen-bond donors (Lipinski definition) is 6. The number of carbonyl (C=O) groups is 12. The van der Waals surface area contributed by atoms with Gasteiger partial charge in [-0.25, -0.2) is 22.8 Å². The largest absolute Gasteiger partial charge is 0.480 e. The summed E-state index contributed by atoms with van der Waals surface area (Å²) < 4.78 is 39.9. The number of nitrogens with zero attached hydrogens (tertiary/aromatic N) is 3. The Labute approximate surface area is 842 Å². The minimum atomic E-state index is -3.34. The molecule has 28 heteroatoms. The molecule has 0 spiro atoms. The zero-order valence-corrected chi connectivity index (χ0v) is 81.6. The van der Waals surface area contributed by atoms with Crippen molar-refractivity contribution in [3.05, 3.63) is 453 Å². The van der Waals surface area contributed by atoms with E-state index in [0.29, 0.717) is 73.3 Å². The SMILES string of the molecule is CSc1ccc(CC(=O)Nc2ccc(C(=O)N(CC(=O)O)Cc3ccc(OC(=O)c4ccc(-c5ccc(C)cc5)cc4)cc3)cc2)cc1.Cc1ccc(-c2ccc(C(=O)Oc3ccc(CN(CC(=O)O)C(=O)c4ccc(NC(=O)Cc5ccc(S(C)(=O)=O)cc5)cc4)cc3)cc2)cc1.Cc1ccc(CC(=O)Nc2ccc(C(=O)N(CC(=O)O)Cc3ccc(OC(=O)c4ccc(-c5ccc(C)cc5)cc4)cc3)cc2)cc1. The van der Waals surface area contributed by atoms with Crippen LogP contribution in [0.1, 0.15) is 118 Å². The lowest BCUT2D eigenvalue weighted by Crippen LogP contribution is -2.35. The number of carboxylic acids is 3. The summed E-state index contributed by atoms with van der Waals surface area (Å²) in [5.41, 5.74) is 18.5. The van der Waals surface area contributed by atoms with Gasteiger partial charge in [0.2, 0.25) is 17.7 Å². The molecule has 0 aliphatic rings. The Hall–Kier alpha value is -17.8. The molecule has 0 unspecified atom stereocenters. The minimum Gasteiger partial charge on any atom is -0.480 e. The van der Waals surface area contributed by atoms with Crippen molar-refractivity contribution in [2.24, 2.45) is 0 Å². The van der Waals surface area contributed by atoms with Gasteiger partial charge in [0.1, 0.15) is 36.9 Å². The number of anilines is 3. The zero-order valence-electron chi connectivity index (χ0n) is 79.9. The van der Waals surface area contributed by atoms with Crippen LogP contribution >= 0.6 is 11.8 Å². The number of nitrogens with one attached hydrogen (secondary N) is 3. The van der Waals surface area contributed by atoms with Crippen LogP contribution in [0, 0.1) is 27.7 Å². The highest BCUT2D eigenvalue weighted by molar-refractivity contribution is 7.98. The summed E-state index contributed by atoms with van der Waals surface area (Å²) in [7, 11) is -3.34. The van der Waals surface area contributed by atoms with Crippen LogP contribution in [-0.4, -0.2) is 142 Å². The highest BCUT2D eigenvalue weighted by Gasteiger charge is 2.26. The van der Waals surface area contributed by atoms with E-state index in [1.807, 2.05) is 192 Å². The van der Waals surface area contributed by atoms with Gasteiger partial charge in [-0.05, 0) is 271 Å². The summed E-state index contributed by atoms with van der Waals surface area (Å²) in [6.45, 7) is 6.51. The third kappa shape index (κ3) is 31.6. The monoisotopic (exact) mass is 1970 g/mol. The summed E-state index contributed by atoms with van der Waals surface area (Å²) in [5, 5.41) is 36.8. The number of benzene rings is 15. The molecule has 0 fully saturated rings. The van der Waals surface area contributed by atoms with Crippen molar-refractivity contribution in [2.45, 2.75) is 76.4 Å². The average molecular weight is 1980 g/mol. The van der Waals surface area contributed by atoms with E-state index in [2.05, 4.69) is 16.0 Å². The number of aryl methyl sites for hydroxylation is 4. The van der Waals surface area contributed by atoms with Crippen molar-refractivity contribution in [3.63, 3.8) is 0 Å². The lowest BCUT2D eigenvalue weighted by Gasteiger charge is -2.21. The Morgan fingerprint density at radius 2 is 0.476 bits per heavy atom. The summed E-state index contributed by atoms with van der Waals surface area (Å²) in [6.07, 6.45) is 3.53. The zero-order chi connectivity index (χ0) is 103. The molecule has 0 aromatic heterocycles. The van der Waals surface area contributed by atoms with E-state index < -0.39 is 83.0 Å². The first-order chi connectivity index (χ1) is 69.6. The Kier molecular flexibility index (Phi) is 36.0. The topological polar surface area (TPSA) is 373 Å². The van der Waals surface area contributed by atoms with Crippen LogP contribution in [0.2, 0.25) is 0 Å². The molecule has 0 saturated heterocycles. The van der Waals surface area contributed by atoms with Crippen LogP contribution in [0.4, 0.5) is 17.1 Å². The Bertz CT molecular complexity index is 7250. The number of carbonyl (C=O) groups excluding carboxylic acids is 9. The fraction of sp³-hybridized carbons (Fsp3) is 0.128. The van der Waals surface area contributed by atoms with Gasteiger partial charge in [0, 0.05) is 64.5 Å². The number of sulfone groups is 1. The molecule has 0 atom stereocenters. The molecule has 0 aliphatic carbocycles. The van der Waals surface area contributed by atoms with E-state index in [9.17, 15) is 81.3 Å². The maximum Gasteiger partial charge on any atom is 0.343 e. The molecule has 0 aliphatic heterocycles. The molecule has 0 saturated carbocycles. The predicted molar refractivity (Wildman–Crippen MR) is 556 cm³/mol. The first-order valence-corrected chi connectivity index (χ1v) is 48.9. The van der Waals surface area contributed by atoms with E-state index >= 15 is 0 Å². The fourth-order valence-corrected chi connectivity index (χ4v) is 16.0. The molecule has 6 amide bonds. The average Bonchev–Trinajstić information content (AvgIpc) is 0.825. The minimum absolute atomic E-state index is 0.0106. The van der Waals surface area contributed by atoms with Crippen molar-refractivity contribution in [1.29, 1.82) is 0 Å². The highest BCUT2D eigenvalue weighted by atomic mass is 32.2. The van der Waals surface area contributed by atoms with Crippen molar-refractivity contribution in [3.8, 4) is 50.6 Å². The number of amides is 6. The molecule has 732 valence electrons. The molecular weight excluding hydrogens is 1870 g/mol. The molecule has 15 rings (SSSR count). The van der Waals surface area contributed by atoms with E-state index in [4.69, 9.17) is 14.2 Å². The van der Waals surface area contributed by atoms with Crippen molar-refractivity contribution < 1.29 is 95.5 Å². The number of rotatable bonds is 35. The number of carboxylic acid groups (broad SMARTS) is 3. The molecule has 0 bridgehead atoms. The van der Waals surface area contributed by atoms with Gasteiger partial charge in [-0.15, -0.1) is 11.8 Å². The van der Waals surface area contributed by atoms with Crippen molar-refractivity contribution in [2.75, 3.05) is 48.1 Å². The van der Waals surface area contributed by atoms with Gasteiger partial charge < -0.3 is 60.2 Å². The Morgan fingerprint density at radius 1 is 0.269 bits per heavy atom. The van der Waals surface area contributed by atoms with Crippen LogP contribution in [0.25, 0.3) is 33.4 Å². The second kappa shape index (κ2) is 49.9. The van der Waals surface area contributed by atoms with Gasteiger partial charge in [0.25, 0.3) is 17.7 Å². The van der Waals surface area contributed by atoms with Gasteiger partial charge in [0.05, 0.1) is 40.8 Å². The van der Waals surface area contributed by atoms with Crippen LogP contribution in [-0.2, 0) is 77.5 Å². The van der Waals surface area contributed by atoms with Crippen molar-refractivity contribution >= 4 is 110 Å². The maximum atomic E-state index is 13.3.